The number of hydrogen-bond acceptors (Lipinski definition) is 4. The summed E-state index contributed by atoms with van der Waals surface area (Å²) in [6, 6.07) is 0. The maximum atomic E-state index is 4.30. The van der Waals surface area contributed by atoms with Crippen LogP contribution in [0.25, 0.3) is 0 Å². The molecule has 0 spiro atoms. The van der Waals surface area contributed by atoms with Crippen molar-refractivity contribution in [1.82, 2.24) is 25.0 Å². The molecule has 0 aliphatic carbocycles. The van der Waals surface area contributed by atoms with E-state index in [4.69, 9.17) is 0 Å². The first-order chi connectivity index (χ1) is 9.92. The van der Waals surface area contributed by atoms with Gasteiger partial charge in [-0.3, -0.25) is 5.10 Å². The van der Waals surface area contributed by atoms with Crippen molar-refractivity contribution in [3.05, 3.63) is 12.2 Å². The van der Waals surface area contributed by atoms with Gasteiger partial charge in [-0.05, 0) is 71.4 Å². The van der Waals surface area contributed by atoms with Crippen molar-refractivity contribution in [2.45, 2.75) is 44.4 Å². The molecule has 0 saturated carbocycles. The lowest BCUT2D eigenvalue weighted by molar-refractivity contribution is 0.179. The minimum absolute atomic E-state index is 0.593. The lowest BCUT2D eigenvalue weighted by Gasteiger charge is -2.32. The van der Waals surface area contributed by atoms with E-state index in [0.717, 1.165) is 5.82 Å². The fraction of sp³-hybridized carbons (Fsp3) is 0.867. The third-order valence-corrected chi connectivity index (χ3v) is 4.81. The number of nitrogens with zero attached hydrogens (tertiary/aromatic N) is 4. The molecule has 20 heavy (non-hydrogen) atoms. The van der Waals surface area contributed by atoms with Crippen molar-refractivity contribution in [3.8, 4) is 0 Å². The third kappa shape index (κ3) is 3.79. The summed E-state index contributed by atoms with van der Waals surface area (Å²) >= 11 is 0. The highest BCUT2D eigenvalue weighted by atomic mass is 15.2. The van der Waals surface area contributed by atoms with Gasteiger partial charge in [-0.2, -0.15) is 5.10 Å². The van der Waals surface area contributed by atoms with E-state index in [1.54, 1.807) is 6.33 Å². The van der Waals surface area contributed by atoms with Gasteiger partial charge in [0.05, 0.1) is 0 Å². The molecule has 0 unspecified atom stereocenters. The van der Waals surface area contributed by atoms with E-state index >= 15 is 0 Å². The van der Waals surface area contributed by atoms with E-state index in [1.807, 2.05) is 0 Å². The number of likely N-dealkylation sites (tertiary alicyclic amines) is 2. The molecule has 2 fully saturated rings. The lowest BCUT2D eigenvalue weighted by atomic mass is 9.96. The molecule has 1 aromatic rings. The summed E-state index contributed by atoms with van der Waals surface area (Å²) < 4.78 is 0. The Labute approximate surface area is 121 Å². The normalized spacial score (nSPS) is 23.2. The molecule has 0 aromatic carbocycles. The zero-order valence-electron chi connectivity index (χ0n) is 12.4. The third-order valence-electron chi connectivity index (χ3n) is 4.81. The smallest absolute Gasteiger partial charge is 0.137 e. The zero-order chi connectivity index (χ0) is 13.6. The van der Waals surface area contributed by atoms with Crippen LogP contribution in [0.5, 0.6) is 0 Å². The molecule has 0 atom stereocenters. The Kier molecular flexibility index (Phi) is 5.03. The molecule has 0 radical (unpaired) electrons. The predicted octanol–water partition coefficient (Wildman–Crippen LogP) is 1.86. The van der Waals surface area contributed by atoms with Crippen LogP contribution in [-0.2, 0) is 0 Å². The Morgan fingerprint density at radius 2 is 1.70 bits per heavy atom. The van der Waals surface area contributed by atoms with Crippen molar-refractivity contribution < 1.29 is 0 Å². The predicted molar refractivity (Wildman–Crippen MR) is 79.7 cm³/mol. The molecule has 5 nitrogen and oxygen atoms in total. The van der Waals surface area contributed by atoms with Crippen LogP contribution in [0.4, 0.5) is 0 Å². The molecule has 2 aliphatic rings. The molecule has 2 aliphatic heterocycles. The summed E-state index contributed by atoms with van der Waals surface area (Å²) in [5.41, 5.74) is 0. The monoisotopic (exact) mass is 277 g/mol. The molecular weight excluding hydrogens is 250 g/mol. The molecule has 1 aromatic heterocycles. The second-order valence-electron chi connectivity index (χ2n) is 6.24. The van der Waals surface area contributed by atoms with Crippen molar-refractivity contribution in [2.24, 2.45) is 0 Å². The van der Waals surface area contributed by atoms with Crippen LogP contribution in [-0.4, -0.2) is 64.2 Å². The number of piperidine rings is 2. The SMILES string of the molecule is c1n[nH]c(C2CCN(CCCN3CCCCC3)CC2)n1. The van der Waals surface area contributed by atoms with Gasteiger partial charge < -0.3 is 9.80 Å². The van der Waals surface area contributed by atoms with E-state index in [0.29, 0.717) is 5.92 Å². The number of hydrogen-bond donors (Lipinski definition) is 1. The van der Waals surface area contributed by atoms with Crippen molar-refractivity contribution in [1.29, 1.82) is 0 Å². The standard InChI is InChI=1S/C15H27N5/c1-2-7-19(8-3-1)9-4-10-20-11-5-14(6-12-20)15-16-13-17-18-15/h13-14H,1-12H2,(H,16,17,18). The molecule has 112 valence electrons. The Bertz CT molecular complexity index is 364. The van der Waals surface area contributed by atoms with Gasteiger partial charge in [-0.1, -0.05) is 6.42 Å². The van der Waals surface area contributed by atoms with E-state index in [9.17, 15) is 0 Å². The van der Waals surface area contributed by atoms with Crippen LogP contribution in [0.1, 0.15) is 50.3 Å². The number of rotatable bonds is 5. The summed E-state index contributed by atoms with van der Waals surface area (Å²) in [5, 5.41) is 6.98. The highest BCUT2D eigenvalue weighted by Crippen LogP contribution is 2.24. The molecule has 5 heteroatoms. The van der Waals surface area contributed by atoms with Crippen LogP contribution in [0.3, 0.4) is 0 Å². The minimum atomic E-state index is 0.593. The van der Waals surface area contributed by atoms with Gasteiger partial charge in [0.1, 0.15) is 12.2 Å². The van der Waals surface area contributed by atoms with E-state index < -0.39 is 0 Å². The lowest BCUT2D eigenvalue weighted by Crippen LogP contribution is -2.36. The Hall–Kier alpha value is -0.940. The topological polar surface area (TPSA) is 48.1 Å². The molecule has 3 rings (SSSR count). The van der Waals surface area contributed by atoms with Crippen LogP contribution in [0.2, 0.25) is 0 Å². The Balaban J connectivity index is 1.32. The fourth-order valence-electron chi connectivity index (χ4n) is 3.54. The quantitative estimate of drug-likeness (QED) is 0.892. The largest absolute Gasteiger partial charge is 0.303 e. The van der Waals surface area contributed by atoms with Gasteiger partial charge in [-0.15, -0.1) is 0 Å². The number of aromatic nitrogens is 3. The highest BCUT2D eigenvalue weighted by Gasteiger charge is 2.22. The fourth-order valence-corrected chi connectivity index (χ4v) is 3.54. The number of nitrogens with one attached hydrogen (secondary N) is 1. The molecule has 3 heterocycles. The molecule has 0 bridgehead atoms. The summed E-state index contributed by atoms with van der Waals surface area (Å²) in [5.74, 6) is 1.67. The van der Waals surface area contributed by atoms with E-state index in [1.165, 1.54) is 77.8 Å². The van der Waals surface area contributed by atoms with Crippen molar-refractivity contribution in [2.75, 3.05) is 39.3 Å². The van der Waals surface area contributed by atoms with Crippen LogP contribution < -0.4 is 0 Å². The Morgan fingerprint density at radius 3 is 2.35 bits per heavy atom. The van der Waals surface area contributed by atoms with E-state index in [2.05, 4.69) is 25.0 Å². The number of H-pyrrole nitrogens is 1. The summed E-state index contributed by atoms with van der Waals surface area (Å²) in [6.07, 6.45) is 9.64. The first kappa shape index (κ1) is 14.0. The minimum Gasteiger partial charge on any atom is -0.303 e. The maximum Gasteiger partial charge on any atom is 0.137 e. The van der Waals surface area contributed by atoms with Gasteiger partial charge >= 0.3 is 0 Å². The van der Waals surface area contributed by atoms with Gasteiger partial charge in [0, 0.05) is 5.92 Å². The number of aromatic amines is 1. The summed E-state index contributed by atoms with van der Waals surface area (Å²) in [7, 11) is 0. The average molecular weight is 277 g/mol. The average Bonchev–Trinajstić information content (AvgIpc) is 3.03. The molecule has 2 saturated heterocycles. The van der Waals surface area contributed by atoms with Gasteiger partial charge in [-0.25, -0.2) is 4.98 Å². The van der Waals surface area contributed by atoms with Crippen LogP contribution in [0.15, 0.2) is 6.33 Å². The van der Waals surface area contributed by atoms with E-state index in [-0.39, 0.29) is 0 Å². The van der Waals surface area contributed by atoms with Crippen molar-refractivity contribution >= 4 is 0 Å². The molecular formula is C15H27N5. The zero-order valence-corrected chi connectivity index (χ0v) is 12.4. The van der Waals surface area contributed by atoms with Gasteiger partial charge in [0.25, 0.3) is 0 Å². The first-order valence-corrected chi connectivity index (χ1v) is 8.22. The molecule has 0 amide bonds. The summed E-state index contributed by atoms with van der Waals surface area (Å²) in [6.45, 7) is 7.64. The van der Waals surface area contributed by atoms with Crippen molar-refractivity contribution in [3.63, 3.8) is 0 Å². The van der Waals surface area contributed by atoms with Gasteiger partial charge in [0.2, 0.25) is 0 Å². The second kappa shape index (κ2) is 7.18. The van der Waals surface area contributed by atoms with Crippen LogP contribution >= 0.6 is 0 Å². The molecule has 1 N–H and O–H groups in total. The Morgan fingerprint density at radius 1 is 1.00 bits per heavy atom. The first-order valence-electron chi connectivity index (χ1n) is 8.22. The maximum absolute atomic E-state index is 4.30. The second-order valence-corrected chi connectivity index (χ2v) is 6.24. The van der Waals surface area contributed by atoms with Crippen LogP contribution in [0, 0.1) is 0 Å². The van der Waals surface area contributed by atoms with Gasteiger partial charge in [0.15, 0.2) is 0 Å². The highest BCUT2D eigenvalue weighted by molar-refractivity contribution is 4.95. The summed E-state index contributed by atoms with van der Waals surface area (Å²) in [4.78, 5) is 9.56.